The van der Waals surface area contributed by atoms with Gasteiger partial charge >= 0.3 is 10.1 Å². The van der Waals surface area contributed by atoms with Gasteiger partial charge in [0.25, 0.3) is 0 Å². The van der Waals surface area contributed by atoms with Gasteiger partial charge in [-0.05, 0) is 162 Å². The average Bonchev–Trinajstić information content (AvgIpc) is 3.16. The van der Waals surface area contributed by atoms with Crippen LogP contribution >= 0.6 is 10.3 Å². The van der Waals surface area contributed by atoms with Crippen LogP contribution in [0, 0.1) is 0 Å². The van der Waals surface area contributed by atoms with Crippen LogP contribution in [0.3, 0.4) is 0 Å². The number of rotatable bonds is 13. The van der Waals surface area contributed by atoms with E-state index in [1.165, 1.54) is 0 Å². The maximum absolute atomic E-state index is 14.6. The van der Waals surface area contributed by atoms with Gasteiger partial charge in [-0.3, -0.25) is 9.97 Å². The fourth-order valence-electron chi connectivity index (χ4n) is 5.62. The summed E-state index contributed by atoms with van der Waals surface area (Å²) in [6, 6.07) is 36.9. The molecule has 0 saturated heterocycles. The van der Waals surface area contributed by atoms with Crippen molar-refractivity contribution in [2.45, 2.75) is 85.4 Å². The maximum atomic E-state index is 14.6. The van der Waals surface area contributed by atoms with Crippen molar-refractivity contribution in [2.24, 2.45) is 0 Å². The van der Waals surface area contributed by atoms with Crippen molar-refractivity contribution >= 4 is 20.4 Å². The lowest BCUT2D eigenvalue weighted by molar-refractivity contribution is 0.131. The second kappa shape index (κ2) is 16.1. The van der Waals surface area contributed by atoms with Crippen LogP contribution in [0.1, 0.15) is 58.2 Å². The predicted molar refractivity (Wildman–Crippen MR) is 213 cm³/mol. The molecule has 54 heavy (non-hydrogen) atoms. The van der Waals surface area contributed by atoms with Gasteiger partial charge in [0.2, 0.25) is 0 Å². The standard InChI is InChI=1S/C44H46N2O6S2/c1-43(2,3)35-7-15-42(16-8-35)54(47,48)52-53(41-21-13-38(14-22-41)51-44(4,5)6,39-17-9-36(10-18-39)49-31-33-23-27-45-28-24-33)40-19-11-37(12-20-40)50-32-34-25-29-46-30-26-34/h7-30H,31-32H2,1-6H3. The fraction of sp³-hybridized carbons (Fsp3) is 0.227. The SMILES string of the molecule is CC(C)(C)Oc1ccc(S(OS(=O)(=O)c2ccc(C(C)(C)C)cc2)(c2ccc(OCc3ccncc3)cc2)c2ccc(OCc3ccncc3)cc2)cc1. The molecule has 0 aliphatic heterocycles. The first kappa shape index (κ1) is 38.6. The zero-order valence-electron chi connectivity index (χ0n) is 31.4. The molecule has 0 radical (unpaired) electrons. The number of hydrogen-bond donors (Lipinski definition) is 0. The van der Waals surface area contributed by atoms with Crippen LogP contribution in [0.2, 0.25) is 0 Å². The summed E-state index contributed by atoms with van der Waals surface area (Å²) in [5.41, 5.74) is 2.38. The van der Waals surface area contributed by atoms with Crippen LogP contribution in [-0.4, -0.2) is 24.0 Å². The van der Waals surface area contributed by atoms with Crippen LogP contribution in [0.15, 0.2) is 166 Å². The van der Waals surface area contributed by atoms with Crippen molar-refractivity contribution in [3.63, 3.8) is 0 Å². The largest absolute Gasteiger partial charge is 0.489 e. The summed E-state index contributed by atoms with van der Waals surface area (Å²) in [6.07, 6.45) is 6.89. The zero-order chi connectivity index (χ0) is 38.4. The lowest BCUT2D eigenvalue weighted by Crippen LogP contribution is -2.22. The molecular formula is C44H46N2O6S2. The topological polar surface area (TPSA) is 96.8 Å². The molecule has 10 heteroatoms. The van der Waals surface area contributed by atoms with Crippen molar-refractivity contribution in [2.75, 3.05) is 0 Å². The number of aromatic nitrogens is 2. The Kier molecular flexibility index (Phi) is 11.5. The second-order valence-corrected chi connectivity index (χ2v) is 19.2. The van der Waals surface area contributed by atoms with Gasteiger partial charge in [-0.1, -0.05) is 32.9 Å². The van der Waals surface area contributed by atoms with E-state index in [2.05, 4.69) is 30.7 Å². The molecule has 0 N–H and O–H groups in total. The smallest absolute Gasteiger partial charge is 0.307 e. The van der Waals surface area contributed by atoms with Gasteiger partial charge in [0.1, 0.15) is 36.1 Å². The molecule has 6 aromatic rings. The summed E-state index contributed by atoms with van der Waals surface area (Å²) in [5, 5.41) is 0. The Morgan fingerprint density at radius 1 is 0.481 bits per heavy atom. The van der Waals surface area contributed by atoms with E-state index in [1.807, 2.05) is 130 Å². The molecule has 0 amide bonds. The van der Waals surface area contributed by atoms with Gasteiger partial charge in [0.05, 0.1) is 4.90 Å². The van der Waals surface area contributed by atoms with Crippen molar-refractivity contribution in [1.29, 1.82) is 0 Å². The molecule has 6 rings (SSSR count). The summed E-state index contributed by atoms with van der Waals surface area (Å²) in [5.74, 6) is 1.90. The highest BCUT2D eigenvalue weighted by Gasteiger charge is 2.39. The highest BCUT2D eigenvalue weighted by molar-refractivity contribution is 8.33. The highest BCUT2D eigenvalue weighted by Crippen LogP contribution is 2.70. The van der Waals surface area contributed by atoms with Crippen molar-refractivity contribution < 1.29 is 26.3 Å². The first-order valence-corrected chi connectivity index (χ1v) is 20.6. The Morgan fingerprint density at radius 2 is 0.852 bits per heavy atom. The van der Waals surface area contributed by atoms with Crippen LogP contribution in [0.4, 0.5) is 0 Å². The Balaban J connectivity index is 1.46. The Bertz CT molecular complexity index is 2130. The Labute approximate surface area is 320 Å². The molecule has 0 saturated carbocycles. The normalized spacial score (nSPS) is 12.6. The highest BCUT2D eigenvalue weighted by atomic mass is 32.3. The molecule has 2 heterocycles. The summed E-state index contributed by atoms with van der Waals surface area (Å²) in [7, 11) is -7.32. The molecule has 0 bridgehead atoms. The van der Waals surface area contributed by atoms with Crippen LogP contribution in [0.25, 0.3) is 0 Å². The molecule has 0 aliphatic carbocycles. The van der Waals surface area contributed by atoms with Gasteiger partial charge in [-0.15, -0.1) is 0 Å². The predicted octanol–water partition coefficient (Wildman–Crippen LogP) is 10.7. The molecule has 0 spiro atoms. The Morgan fingerprint density at radius 3 is 1.22 bits per heavy atom. The second-order valence-electron chi connectivity index (χ2n) is 14.8. The third-order valence-electron chi connectivity index (χ3n) is 8.40. The summed E-state index contributed by atoms with van der Waals surface area (Å²) in [6.45, 7) is 12.9. The van der Waals surface area contributed by atoms with Crippen LogP contribution in [-0.2, 0) is 32.4 Å². The monoisotopic (exact) mass is 762 g/mol. The van der Waals surface area contributed by atoms with Gasteiger partial charge in [0, 0.05) is 39.5 Å². The van der Waals surface area contributed by atoms with Crippen molar-refractivity contribution in [3.8, 4) is 17.2 Å². The third kappa shape index (κ3) is 9.49. The number of benzene rings is 4. The number of ether oxygens (including phenoxy) is 3. The van der Waals surface area contributed by atoms with E-state index in [4.69, 9.17) is 17.8 Å². The zero-order valence-corrected chi connectivity index (χ0v) is 33.1. The van der Waals surface area contributed by atoms with Crippen LogP contribution in [0.5, 0.6) is 17.2 Å². The van der Waals surface area contributed by atoms with E-state index in [-0.39, 0.29) is 10.3 Å². The van der Waals surface area contributed by atoms with Gasteiger partial charge in [0.15, 0.2) is 0 Å². The molecule has 2 aromatic heterocycles. The van der Waals surface area contributed by atoms with Crippen molar-refractivity contribution in [1.82, 2.24) is 9.97 Å². The van der Waals surface area contributed by atoms with E-state index in [1.54, 1.807) is 36.9 Å². The molecule has 0 unspecified atom stereocenters. The van der Waals surface area contributed by atoms with E-state index >= 15 is 0 Å². The third-order valence-corrected chi connectivity index (χ3v) is 13.6. The van der Waals surface area contributed by atoms with E-state index in [0.29, 0.717) is 45.1 Å². The molecule has 8 nitrogen and oxygen atoms in total. The number of hydrogen-bond acceptors (Lipinski definition) is 8. The summed E-state index contributed by atoms with van der Waals surface area (Å²) >= 11 is 0. The first-order valence-electron chi connectivity index (χ1n) is 17.6. The van der Waals surface area contributed by atoms with Gasteiger partial charge in [-0.2, -0.15) is 8.42 Å². The lowest BCUT2D eigenvalue weighted by Gasteiger charge is -2.39. The minimum Gasteiger partial charge on any atom is -0.489 e. The molecule has 0 fully saturated rings. The molecule has 4 aromatic carbocycles. The quantitative estimate of drug-likeness (QED) is 0.115. The molecule has 0 aliphatic rings. The maximum Gasteiger partial charge on any atom is 0.307 e. The van der Waals surface area contributed by atoms with E-state index in [9.17, 15) is 8.42 Å². The van der Waals surface area contributed by atoms with Gasteiger partial charge in [-0.25, -0.2) is 3.63 Å². The lowest BCUT2D eigenvalue weighted by atomic mass is 9.87. The minimum absolute atomic E-state index is 0.0645. The van der Waals surface area contributed by atoms with Gasteiger partial charge < -0.3 is 14.2 Å². The fourth-order valence-corrected chi connectivity index (χ4v) is 10.8. The molecule has 280 valence electrons. The molecule has 0 atom stereocenters. The summed E-state index contributed by atoms with van der Waals surface area (Å²) in [4.78, 5) is 10.2. The number of pyridine rings is 2. The van der Waals surface area contributed by atoms with Crippen molar-refractivity contribution in [3.05, 3.63) is 163 Å². The molecular weight excluding hydrogens is 717 g/mol. The van der Waals surface area contributed by atoms with Crippen LogP contribution < -0.4 is 14.2 Å². The summed E-state index contributed by atoms with van der Waals surface area (Å²) < 4.78 is 54.2. The Hall–Kier alpha value is -5.16. The minimum atomic E-state index is -4.34. The van der Waals surface area contributed by atoms with E-state index in [0.717, 1.165) is 16.7 Å². The van der Waals surface area contributed by atoms with E-state index < -0.39 is 26.0 Å². The first-order chi connectivity index (χ1) is 25.7. The number of nitrogens with zero attached hydrogens (tertiary/aromatic N) is 2. The average molecular weight is 763 g/mol.